The van der Waals surface area contributed by atoms with E-state index in [1.165, 1.54) is 6.42 Å². The smallest absolute Gasteiger partial charge is 0.253 e. The zero-order chi connectivity index (χ0) is 19.6. The van der Waals surface area contributed by atoms with Crippen LogP contribution in [0.4, 0.5) is 0 Å². The van der Waals surface area contributed by atoms with E-state index in [0.717, 1.165) is 59.7 Å². The van der Waals surface area contributed by atoms with Crippen LogP contribution in [0.1, 0.15) is 29.6 Å². The van der Waals surface area contributed by atoms with Gasteiger partial charge in [0, 0.05) is 36.1 Å². The van der Waals surface area contributed by atoms with Crippen molar-refractivity contribution < 1.29 is 4.79 Å². The first kappa shape index (κ1) is 17.6. The van der Waals surface area contributed by atoms with Crippen LogP contribution in [0.15, 0.2) is 72.9 Å². The van der Waals surface area contributed by atoms with E-state index in [0.29, 0.717) is 0 Å². The molecule has 0 unspecified atom stereocenters. The number of carbonyl (C=O) groups is 1. The molecule has 0 N–H and O–H groups in total. The van der Waals surface area contributed by atoms with Gasteiger partial charge in [-0.3, -0.25) is 9.36 Å². The second-order valence-electron chi connectivity index (χ2n) is 7.38. The molecule has 0 spiro atoms. The van der Waals surface area contributed by atoms with E-state index in [9.17, 15) is 4.79 Å². The van der Waals surface area contributed by atoms with Crippen molar-refractivity contribution in [3.8, 4) is 17.1 Å². The molecule has 1 fully saturated rings. The van der Waals surface area contributed by atoms with Gasteiger partial charge in [-0.1, -0.05) is 30.3 Å². The van der Waals surface area contributed by atoms with Gasteiger partial charge in [-0.05, 0) is 55.7 Å². The fourth-order valence-corrected chi connectivity index (χ4v) is 3.97. The van der Waals surface area contributed by atoms with E-state index in [1.807, 2.05) is 71.6 Å². The average molecular weight is 382 g/mol. The highest BCUT2D eigenvalue weighted by atomic mass is 16.2. The molecule has 2 aromatic heterocycles. The number of imidazole rings is 1. The van der Waals surface area contributed by atoms with E-state index in [4.69, 9.17) is 4.98 Å². The Balaban J connectivity index is 1.56. The summed E-state index contributed by atoms with van der Waals surface area (Å²) >= 11 is 0. The van der Waals surface area contributed by atoms with Gasteiger partial charge >= 0.3 is 0 Å². The Morgan fingerprint density at radius 1 is 0.828 bits per heavy atom. The van der Waals surface area contributed by atoms with Gasteiger partial charge in [0.1, 0.15) is 11.3 Å². The van der Waals surface area contributed by atoms with Crippen LogP contribution < -0.4 is 0 Å². The summed E-state index contributed by atoms with van der Waals surface area (Å²) in [6.07, 6.45) is 5.18. The Kier molecular flexibility index (Phi) is 4.56. The molecule has 1 saturated heterocycles. The van der Waals surface area contributed by atoms with Crippen molar-refractivity contribution in [2.45, 2.75) is 19.3 Å². The second kappa shape index (κ2) is 7.51. The van der Waals surface area contributed by atoms with Crippen molar-refractivity contribution in [1.82, 2.24) is 19.4 Å². The third-order valence-corrected chi connectivity index (χ3v) is 5.46. The van der Waals surface area contributed by atoms with E-state index in [-0.39, 0.29) is 5.91 Å². The van der Waals surface area contributed by atoms with Crippen molar-refractivity contribution in [3.63, 3.8) is 0 Å². The molecule has 4 aromatic rings. The van der Waals surface area contributed by atoms with Gasteiger partial charge in [0.2, 0.25) is 0 Å². The lowest BCUT2D eigenvalue weighted by atomic mass is 10.1. The zero-order valence-corrected chi connectivity index (χ0v) is 16.2. The van der Waals surface area contributed by atoms with Crippen molar-refractivity contribution in [2.24, 2.45) is 0 Å². The van der Waals surface area contributed by atoms with E-state index < -0.39 is 0 Å². The highest BCUT2D eigenvalue weighted by Crippen LogP contribution is 2.27. The molecule has 0 radical (unpaired) electrons. The highest BCUT2D eigenvalue weighted by molar-refractivity contribution is 5.94. The number of hydrogen-bond acceptors (Lipinski definition) is 3. The molecule has 3 heterocycles. The molecule has 2 aromatic carbocycles. The number of nitrogens with zero attached hydrogens (tertiary/aromatic N) is 4. The van der Waals surface area contributed by atoms with Gasteiger partial charge in [-0.25, -0.2) is 9.97 Å². The maximum Gasteiger partial charge on any atom is 0.253 e. The summed E-state index contributed by atoms with van der Waals surface area (Å²) < 4.78 is 2.06. The lowest BCUT2D eigenvalue weighted by molar-refractivity contribution is 0.0724. The molecule has 1 aliphatic rings. The minimum atomic E-state index is 0.119. The van der Waals surface area contributed by atoms with Crippen molar-refractivity contribution in [2.75, 3.05) is 13.1 Å². The summed E-state index contributed by atoms with van der Waals surface area (Å²) in [7, 11) is 0. The van der Waals surface area contributed by atoms with Crippen LogP contribution in [0.25, 0.3) is 28.2 Å². The van der Waals surface area contributed by atoms with Gasteiger partial charge in [-0.2, -0.15) is 0 Å². The van der Waals surface area contributed by atoms with Crippen molar-refractivity contribution >= 4 is 17.1 Å². The van der Waals surface area contributed by atoms with Crippen LogP contribution in [0.5, 0.6) is 0 Å². The molecule has 29 heavy (non-hydrogen) atoms. The summed E-state index contributed by atoms with van der Waals surface area (Å²) in [5.41, 5.74) is 4.36. The standard InChI is InChI=1S/C24H22N4O/c29-24(27-16-5-2-6-17-27)19-11-13-20(14-12-19)28-22(18-8-3-1-4-9-18)26-21-10-7-15-25-23(21)28/h1,3-4,7-15H,2,5-6,16-17H2. The van der Waals surface area contributed by atoms with Crippen LogP contribution in [-0.2, 0) is 0 Å². The summed E-state index contributed by atoms with van der Waals surface area (Å²) in [6.45, 7) is 1.71. The molecule has 0 atom stereocenters. The van der Waals surface area contributed by atoms with E-state index in [1.54, 1.807) is 6.20 Å². The Morgan fingerprint density at radius 3 is 2.34 bits per heavy atom. The summed E-state index contributed by atoms with van der Waals surface area (Å²) in [5, 5.41) is 0. The number of benzene rings is 2. The largest absolute Gasteiger partial charge is 0.339 e. The topological polar surface area (TPSA) is 51.0 Å². The monoisotopic (exact) mass is 382 g/mol. The summed E-state index contributed by atoms with van der Waals surface area (Å²) in [6, 6.07) is 21.8. The van der Waals surface area contributed by atoms with Crippen LogP contribution in [0.3, 0.4) is 0 Å². The van der Waals surface area contributed by atoms with Gasteiger partial charge in [0.05, 0.1) is 0 Å². The number of fused-ring (bicyclic) bond motifs is 1. The number of aromatic nitrogens is 3. The average Bonchev–Trinajstić information content (AvgIpc) is 3.19. The van der Waals surface area contributed by atoms with Crippen molar-refractivity contribution in [1.29, 1.82) is 0 Å². The van der Waals surface area contributed by atoms with Gasteiger partial charge in [0.25, 0.3) is 5.91 Å². The number of carbonyl (C=O) groups excluding carboxylic acids is 1. The summed E-state index contributed by atoms with van der Waals surface area (Å²) in [5.74, 6) is 0.961. The molecule has 0 aliphatic carbocycles. The van der Waals surface area contributed by atoms with Crippen molar-refractivity contribution in [3.05, 3.63) is 78.5 Å². The summed E-state index contributed by atoms with van der Waals surface area (Å²) in [4.78, 5) is 24.1. The predicted octanol–water partition coefficient (Wildman–Crippen LogP) is 4.71. The van der Waals surface area contributed by atoms with E-state index >= 15 is 0 Å². The van der Waals surface area contributed by atoms with E-state index in [2.05, 4.69) is 9.55 Å². The molecular formula is C24H22N4O. The highest BCUT2D eigenvalue weighted by Gasteiger charge is 2.19. The lowest BCUT2D eigenvalue weighted by Crippen LogP contribution is -2.35. The Labute approximate surface area is 169 Å². The Bertz CT molecular complexity index is 1140. The molecule has 1 aliphatic heterocycles. The molecular weight excluding hydrogens is 360 g/mol. The minimum Gasteiger partial charge on any atom is -0.339 e. The maximum atomic E-state index is 12.8. The first-order valence-electron chi connectivity index (χ1n) is 10.1. The van der Waals surface area contributed by atoms with Crippen LogP contribution in [-0.4, -0.2) is 38.4 Å². The number of hydrogen-bond donors (Lipinski definition) is 0. The molecule has 5 nitrogen and oxygen atoms in total. The van der Waals surface area contributed by atoms with Crippen LogP contribution in [0, 0.1) is 0 Å². The third kappa shape index (κ3) is 3.29. The van der Waals surface area contributed by atoms with Crippen LogP contribution in [0.2, 0.25) is 0 Å². The van der Waals surface area contributed by atoms with Gasteiger partial charge < -0.3 is 4.90 Å². The number of piperidine rings is 1. The normalized spacial score (nSPS) is 14.3. The number of amides is 1. The molecule has 5 heteroatoms. The maximum absolute atomic E-state index is 12.8. The van der Waals surface area contributed by atoms with Crippen LogP contribution >= 0.6 is 0 Å². The van der Waals surface area contributed by atoms with Gasteiger partial charge in [0.15, 0.2) is 5.65 Å². The molecule has 0 saturated carbocycles. The first-order valence-corrected chi connectivity index (χ1v) is 10.1. The molecule has 5 rings (SSSR count). The zero-order valence-electron chi connectivity index (χ0n) is 16.2. The SMILES string of the molecule is O=C(c1ccc(-n2c(-c3ccccc3)nc3cccnc32)cc1)N1CCCCC1. The third-order valence-electron chi connectivity index (χ3n) is 5.46. The molecule has 0 bridgehead atoms. The van der Waals surface area contributed by atoms with Gasteiger partial charge in [-0.15, -0.1) is 0 Å². The number of likely N-dealkylation sites (tertiary alicyclic amines) is 1. The molecule has 1 amide bonds. The lowest BCUT2D eigenvalue weighted by Gasteiger charge is -2.26. The fourth-order valence-electron chi connectivity index (χ4n) is 3.97. The fraction of sp³-hybridized carbons (Fsp3) is 0.208. The second-order valence-corrected chi connectivity index (χ2v) is 7.38. The number of rotatable bonds is 3. The molecule has 144 valence electrons. The Morgan fingerprint density at radius 2 is 1.59 bits per heavy atom. The first-order chi connectivity index (χ1) is 14.3. The Hall–Kier alpha value is -3.47. The minimum absolute atomic E-state index is 0.119. The number of pyridine rings is 1. The predicted molar refractivity (Wildman–Crippen MR) is 114 cm³/mol. The quantitative estimate of drug-likeness (QED) is 0.515.